The minimum absolute atomic E-state index is 0.172. The van der Waals surface area contributed by atoms with Crippen LogP contribution in [0.4, 0.5) is 5.69 Å². The second-order valence-corrected chi connectivity index (χ2v) is 8.01. The number of carboxylic acid groups (broad SMARTS) is 1. The number of aromatic carboxylic acids is 1. The second-order valence-electron chi connectivity index (χ2n) is 8.01. The van der Waals surface area contributed by atoms with E-state index in [-0.39, 0.29) is 17.0 Å². The van der Waals surface area contributed by atoms with Crippen LogP contribution in [-0.2, 0) is 0 Å². The van der Waals surface area contributed by atoms with E-state index in [4.69, 9.17) is 4.42 Å². The van der Waals surface area contributed by atoms with Crippen molar-refractivity contribution < 1.29 is 14.3 Å². The van der Waals surface area contributed by atoms with Gasteiger partial charge in [-0.1, -0.05) is 36.4 Å². The Hall–Kier alpha value is -4.39. The van der Waals surface area contributed by atoms with Gasteiger partial charge in [-0.15, -0.1) is 0 Å². The number of carbonyl (C=O) groups is 1. The number of nitrogens with zero attached hydrogens (tertiary/aromatic N) is 2. The lowest BCUT2D eigenvalue weighted by Gasteiger charge is -2.19. The van der Waals surface area contributed by atoms with Gasteiger partial charge < -0.3 is 14.8 Å². The maximum Gasteiger partial charge on any atom is 0.337 e. The number of nitrogens with one attached hydrogen (secondary N) is 1. The van der Waals surface area contributed by atoms with Crippen LogP contribution in [-0.4, -0.2) is 20.9 Å². The molecule has 2 N–H and O–H groups in total. The second kappa shape index (κ2) is 7.94. The average Bonchev–Trinajstić information content (AvgIpc) is 3.23. The maximum absolute atomic E-state index is 13.1. The van der Waals surface area contributed by atoms with Gasteiger partial charge in [-0.3, -0.25) is 4.79 Å². The van der Waals surface area contributed by atoms with Crippen LogP contribution in [0.25, 0.3) is 27.8 Å². The van der Waals surface area contributed by atoms with Gasteiger partial charge in [0.15, 0.2) is 5.43 Å². The highest BCUT2D eigenvalue weighted by Crippen LogP contribution is 2.30. The first-order chi connectivity index (χ1) is 15.9. The quantitative estimate of drug-likeness (QED) is 0.385. The van der Waals surface area contributed by atoms with E-state index < -0.39 is 5.97 Å². The maximum atomic E-state index is 13.1. The van der Waals surface area contributed by atoms with Crippen LogP contribution in [0.3, 0.4) is 0 Å². The average molecular weight is 439 g/mol. The van der Waals surface area contributed by atoms with Crippen LogP contribution in [0.15, 0.2) is 82.1 Å². The van der Waals surface area contributed by atoms with Gasteiger partial charge in [-0.25, -0.2) is 4.79 Å². The molecule has 5 rings (SSSR count). The first-order valence-corrected chi connectivity index (χ1v) is 10.5. The number of hydrogen-bond donors (Lipinski definition) is 2. The van der Waals surface area contributed by atoms with E-state index in [0.717, 1.165) is 22.0 Å². The molecule has 0 bridgehead atoms. The molecule has 0 aliphatic heterocycles. The van der Waals surface area contributed by atoms with E-state index in [1.54, 1.807) is 41.2 Å². The third kappa shape index (κ3) is 3.63. The van der Waals surface area contributed by atoms with Crippen molar-refractivity contribution in [3.63, 3.8) is 0 Å². The standard InChI is InChI=1S/C26H21N3O4/c1-15-11-19(16(2)28-21-9-5-4-8-18(21)26(31)32)25-20(12-15)23(30)13-24(33-25)29-22-10-6-3-7-17(22)14-27-29/h3-14,16,28H,1-2H3,(H,31,32). The highest BCUT2D eigenvalue weighted by atomic mass is 16.4. The molecule has 3 aromatic carbocycles. The first-order valence-electron chi connectivity index (χ1n) is 10.5. The van der Waals surface area contributed by atoms with Crippen molar-refractivity contribution in [1.29, 1.82) is 0 Å². The highest BCUT2D eigenvalue weighted by Gasteiger charge is 2.19. The van der Waals surface area contributed by atoms with Gasteiger partial charge in [-0.05, 0) is 43.7 Å². The molecule has 0 aliphatic rings. The Morgan fingerprint density at radius 2 is 1.85 bits per heavy atom. The Bertz CT molecular complexity index is 1580. The predicted octanol–water partition coefficient (Wildman–Crippen LogP) is 5.31. The lowest BCUT2D eigenvalue weighted by molar-refractivity contribution is 0.0698. The number of rotatable bonds is 5. The Balaban J connectivity index is 1.66. The summed E-state index contributed by atoms with van der Waals surface area (Å²) in [6.45, 7) is 3.82. The lowest BCUT2D eigenvalue weighted by Crippen LogP contribution is -2.13. The van der Waals surface area contributed by atoms with Gasteiger partial charge in [0.05, 0.1) is 28.7 Å². The number of carboxylic acids is 1. The SMILES string of the molecule is Cc1cc(C(C)Nc2ccccc2C(=O)O)c2oc(-n3ncc4ccccc43)cc(=O)c2c1. The van der Waals surface area contributed by atoms with Crippen molar-refractivity contribution in [2.45, 2.75) is 19.9 Å². The van der Waals surface area contributed by atoms with E-state index in [1.165, 1.54) is 6.07 Å². The Morgan fingerprint density at radius 3 is 2.67 bits per heavy atom. The minimum Gasteiger partial charge on any atom is -0.478 e. The van der Waals surface area contributed by atoms with Gasteiger partial charge >= 0.3 is 5.97 Å². The van der Waals surface area contributed by atoms with Crippen molar-refractivity contribution in [1.82, 2.24) is 9.78 Å². The number of hydrogen-bond acceptors (Lipinski definition) is 5. The number of anilines is 1. The number of para-hydroxylation sites is 2. The third-order valence-electron chi connectivity index (χ3n) is 5.67. The van der Waals surface area contributed by atoms with Gasteiger partial charge in [0.25, 0.3) is 0 Å². The first kappa shape index (κ1) is 20.5. The van der Waals surface area contributed by atoms with Crippen molar-refractivity contribution in [2.24, 2.45) is 0 Å². The molecule has 2 aromatic heterocycles. The molecule has 7 nitrogen and oxygen atoms in total. The molecule has 0 fully saturated rings. The Morgan fingerprint density at radius 1 is 1.09 bits per heavy atom. The molecule has 0 saturated heterocycles. The van der Waals surface area contributed by atoms with E-state index >= 15 is 0 Å². The van der Waals surface area contributed by atoms with Crippen LogP contribution >= 0.6 is 0 Å². The van der Waals surface area contributed by atoms with Crippen molar-refractivity contribution in [3.8, 4) is 5.88 Å². The fourth-order valence-corrected chi connectivity index (χ4v) is 4.10. The summed E-state index contributed by atoms with van der Waals surface area (Å²) in [5, 5.41) is 18.6. The molecule has 7 heteroatoms. The summed E-state index contributed by atoms with van der Waals surface area (Å²) >= 11 is 0. The molecule has 164 valence electrons. The van der Waals surface area contributed by atoms with Gasteiger partial charge in [0, 0.05) is 22.7 Å². The van der Waals surface area contributed by atoms with Crippen molar-refractivity contribution in [2.75, 3.05) is 5.32 Å². The highest BCUT2D eigenvalue weighted by molar-refractivity contribution is 5.94. The zero-order valence-corrected chi connectivity index (χ0v) is 18.1. The Kier molecular flexibility index (Phi) is 4.94. The molecule has 1 atom stereocenters. The fourth-order valence-electron chi connectivity index (χ4n) is 4.10. The van der Waals surface area contributed by atoms with Crippen molar-refractivity contribution in [3.05, 3.63) is 99.8 Å². The number of aryl methyl sites for hydroxylation is 1. The van der Waals surface area contributed by atoms with Crippen LogP contribution in [0.5, 0.6) is 0 Å². The molecule has 0 spiro atoms. The van der Waals surface area contributed by atoms with Crippen molar-refractivity contribution >= 4 is 33.5 Å². The summed E-state index contributed by atoms with van der Waals surface area (Å²) in [6.07, 6.45) is 1.72. The molecule has 0 radical (unpaired) electrons. The van der Waals surface area contributed by atoms with Gasteiger partial charge in [0.1, 0.15) is 5.58 Å². The largest absolute Gasteiger partial charge is 0.478 e. The summed E-state index contributed by atoms with van der Waals surface area (Å²) in [4.78, 5) is 24.7. The van der Waals surface area contributed by atoms with Crippen LogP contribution in [0.1, 0.15) is 34.5 Å². The van der Waals surface area contributed by atoms with E-state index in [0.29, 0.717) is 22.5 Å². The lowest BCUT2D eigenvalue weighted by atomic mass is 10.0. The number of benzene rings is 3. The molecule has 33 heavy (non-hydrogen) atoms. The number of fused-ring (bicyclic) bond motifs is 2. The normalized spacial score (nSPS) is 12.2. The van der Waals surface area contributed by atoms with Crippen LogP contribution < -0.4 is 10.7 Å². The molecule has 0 amide bonds. The van der Waals surface area contributed by atoms with Gasteiger partial charge in [-0.2, -0.15) is 9.78 Å². The van der Waals surface area contributed by atoms with E-state index in [2.05, 4.69) is 10.4 Å². The smallest absolute Gasteiger partial charge is 0.337 e. The zero-order valence-electron chi connectivity index (χ0n) is 18.1. The van der Waals surface area contributed by atoms with E-state index in [1.807, 2.05) is 44.2 Å². The van der Waals surface area contributed by atoms with Gasteiger partial charge in [0.2, 0.25) is 5.88 Å². The zero-order chi connectivity index (χ0) is 23.1. The predicted molar refractivity (Wildman–Crippen MR) is 127 cm³/mol. The molecule has 1 unspecified atom stereocenters. The molecule has 0 aliphatic carbocycles. The molecular weight excluding hydrogens is 418 g/mol. The fraction of sp³-hybridized carbons (Fsp3) is 0.115. The summed E-state index contributed by atoms with van der Waals surface area (Å²) < 4.78 is 7.87. The Labute approximate surface area is 188 Å². The summed E-state index contributed by atoms with van der Waals surface area (Å²) in [5.41, 5.74) is 3.41. The number of aromatic nitrogens is 2. The third-order valence-corrected chi connectivity index (χ3v) is 5.67. The van der Waals surface area contributed by atoms with Crippen LogP contribution in [0, 0.1) is 6.92 Å². The monoisotopic (exact) mass is 439 g/mol. The van der Waals surface area contributed by atoms with E-state index in [9.17, 15) is 14.7 Å². The molecular formula is C26H21N3O4. The summed E-state index contributed by atoms with van der Waals surface area (Å²) in [7, 11) is 0. The summed E-state index contributed by atoms with van der Waals surface area (Å²) in [5.74, 6) is -0.698. The summed E-state index contributed by atoms with van der Waals surface area (Å²) in [6, 6.07) is 19.3. The molecule has 5 aromatic rings. The topological polar surface area (TPSA) is 97.4 Å². The minimum atomic E-state index is -1.02. The molecule has 0 saturated carbocycles. The van der Waals surface area contributed by atoms with Crippen LogP contribution in [0.2, 0.25) is 0 Å². The molecule has 2 heterocycles.